The van der Waals surface area contributed by atoms with Crippen molar-refractivity contribution in [3.8, 4) is 0 Å². The molecule has 4 atom stereocenters. The molecular formula is C22H39FO5. The number of carboxylic acid groups (broad SMARTS) is 1. The van der Waals surface area contributed by atoms with E-state index in [1.165, 1.54) is 0 Å². The number of alkyl halides is 1. The van der Waals surface area contributed by atoms with E-state index in [4.69, 9.17) is 14.6 Å². The summed E-state index contributed by atoms with van der Waals surface area (Å²) in [4.78, 5) is 10.6. The van der Waals surface area contributed by atoms with E-state index in [1.807, 2.05) is 6.92 Å². The smallest absolute Gasteiger partial charge is 0.303 e. The third kappa shape index (κ3) is 6.96. The lowest BCUT2D eigenvalue weighted by atomic mass is 9.84. The molecule has 1 saturated carbocycles. The molecule has 0 aromatic carbocycles. The zero-order valence-electron chi connectivity index (χ0n) is 17.4. The predicted octanol–water partition coefficient (Wildman–Crippen LogP) is 4.85. The van der Waals surface area contributed by atoms with Crippen LogP contribution in [0.15, 0.2) is 0 Å². The predicted molar refractivity (Wildman–Crippen MR) is 106 cm³/mol. The third-order valence-corrected chi connectivity index (χ3v) is 6.51. The van der Waals surface area contributed by atoms with Crippen molar-refractivity contribution < 1.29 is 28.9 Å². The normalized spacial score (nSPS) is 26.0. The topological polar surface area (TPSA) is 76.0 Å². The van der Waals surface area contributed by atoms with Crippen LogP contribution in [0.1, 0.15) is 90.4 Å². The molecule has 0 radical (unpaired) electrons. The van der Waals surface area contributed by atoms with E-state index >= 15 is 0 Å². The van der Waals surface area contributed by atoms with Crippen molar-refractivity contribution in [2.24, 2.45) is 11.8 Å². The van der Waals surface area contributed by atoms with Crippen molar-refractivity contribution in [3.05, 3.63) is 0 Å². The van der Waals surface area contributed by atoms with E-state index in [0.29, 0.717) is 32.0 Å². The number of aliphatic hydroxyl groups is 1. The summed E-state index contributed by atoms with van der Waals surface area (Å²) in [5.41, 5.74) is 0. The summed E-state index contributed by atoms with van der Waals surface area (Å²) in [6, 6.07) is 0. The fourth-order valence-electron chi connectivity index (χ4n) is 4.91. The molecule has 2 fully saturated rings. The van der Waals surface area contributed by atoms with Gasteiger partial charge in [-0.3, -0.25) is 4.79 Å². The van der Waals surface area contributed by atoms with Gasteiger partial charge in [-0.05, 0) is 44.4 Å². The van der Waals surface area contributed by atoms with E-state index in [9.17, 15) is 14.3 Å². The Morgan fingerprint density at radius 1 is 1.11 bits per heavy atom. The monoisotopic (exact) mass is 402 g/mol. The molecule has 0 aromatic heterocycles. The van der Waals surface area contributed by atoms with Gasteiger partial charge in [0.05, 0.1) is 19.3 Å². The van der Waals surface area contributed by atoms with Crippen molar-refractivity contribution in [2.75, 3.05) is 13.2 Å². The summed E-state index contributed by atoms with van der Waals surface area (Å²) < 4.78 is 26.1. The Morgan fingerprint density at radius 2 is 1.82 bits per heavy atom. The summed E-state index contributed by atoms with van der Waals surface area (Å²) in [6.45, 7) is 3.30. The molecule has 5 nitrogen and oxygen atoms in total. The van der Waals surface area contributed by atoms with E-state index in [1.54, 1.807) is 0 Å². The first kappa shape index (κ1) is 23.6. The molecule has 1 saturated heterocycles. The van der Waals surface area contributed by atoms with Crippen LogP contribution in [-0.4, -0.2) is 47.5 Å². The second-order valence-corrected chi connectivity index (χ2v) is 8.56. The number of halogens is 1. The summed E-state index contributed by atoms with van der Waals surface area (Å²) in [5, 5.41) is 18.9. The average molecular weight is 403 g/mol. The highest BCUT2D eigenvalue weighted by molar-refractivity contribution is 5.66. The van der Waals surface area contributed by atoms with Crippen LogP contribution >= 0.6 is 0 Å². The number of carboxylic acids is 1. The number of carbonyl (C=O) groups is 1. The van der Waals surface area contributed by atoms with Crippen LogP contribution in [0.25, 0.3) is 0 Å². The molecule has 164 valence electrons. The van der Waals surface area contributed by atoms with Gasteiger partial charge >= 0.3 is 5.97 Å². The Bertz CT molecular complexity index is 452. The van der Waals surface area contributed by atoms with E-state index < -0.39 is 24.0 Å². The summed E-state index contributed by atoms with van der Waals surface area (Å²) in [7, 11) is 0. The van der Waals surface area contributed by atoms with Crippen LogP contribution < -0.4 is 0 Å². The van der Waals surface area contributed by atoms with Crippen molar-refractivity contribution in [3.63, 3.8) is 0 Å². The number of hydrogen-bond donors (Lipinski definition) is 2. The second kappa shape index (κ2) is 12.1. The van der Waals surface area contributed by atoms with Crippen molar-refractivity contribution in [2.45, 2.75) is 108 Å². The number of unbranched alkanes of at least 4 members (excludes halogenated alkanes) is 4. The van der Waals surface area contributed by atoms with Gasteiger partial charge in [-0.2, -0.15) is 0 Å². The number of aliphatic carboxylic acids is 1. The Morgan fingerprint density at radius 3 is 2.50 bits per heavy atom. The summed E-state index contributed by atoms with van der Waals surface area (Å²) in [5.74, 6) is -0.527. The standard InChI is InChI=1S/C22H39FO5/c1-2-3-9-19(23)20(24)12-11-17-13-14-22(27-15-16-28-22)18(17)8-6-4-5-7-10-21(25)26/h17-20,24H,2-16H2,1H3,(H,25,26)/t17-,18+,19?,20-/m0/s1. The van der Waals surface area contributed by atoms with E-state index in [0.717, 1.165) is 64.2 Å². The molecule has 1 unspecified atom stereocenters. The van der Waals surface area contributed by atoms with Gasteiger partial charge in [0.15, 0.2) is 5.79 Å². The van der Waals surface area contributed by atoms with Crippen LogP contribution in [0.5, 0.6) is 0 Å². The lowest BCUT2D eigenvalue weighted by molar-refractivity contribution is -0.188. The maximum atomic E-state index is 14.1. The second-order valence-electron chi connectivity index (χ2n) is 8.56. The van der Waals surface area contributed by atoms with Gasteiger partial charge in [0.2, 0.25) is 0 Å². The van der Waals surface area contributed by atoms with E-state index in [-0.39, 0.29) is 12.3 Å². The Kier molecular flexibility index (Phi) is 10.2. The third-order valence-electron chi connectivity index (χ3n) is 6.51. The molecule has 1 spiro atoms. The molecule has 2 aliphatic rings. The van der Waals surface area contributed by atoms with Crippen molar-refractivity contribution >= 4 is 5.97 Å². The largest absolute Gasteiger partial charge is 0.481 e. The molecule has 0 aromatic rings. The molecule has 6 heteroatoms. The Labute approximate surface area is 169 Å². The number of aliphatic hydroxyl groups excluding tert-OH is 1. The van der Waals surface area contributed by atoms with Gasteiger partial charge in [-0.25, -0.2) is 4.39 Å². The van der Waals surface area contributed by atoms with Crippen LogP contribution in [0, 0.1) is 11.8 Å². The fourth-order valence-corrected chi connectivity index (χ4v) is 4.91. The molecule has 1 heterocycles. The highest BCUT2D eigenvalue weighted by Crippen LogP contribution is 2.50. The van der Waals surface area contributed by atoms with Gasteiger partial charge in [0.1, 0.15) is 6.17 Å². The zero-order chi connectivity index (χ0) is 20.4. The zero-order valence-corrected chi connectivity index (χ0v) is 17.4. The molecule has 0 bridgehead atoms. The van der Waals surface area contributed by atoms with Crippen molar-refractivity contribution in [1.29, 1.82) is 0 Å². The highest BCUT2D eigenvalue weighted by Gasteiger charge is 2.51. The quantitative estimate of drug-likeness (QED) is 0.406. The van der Waals surface area contributed by atoms with Crippen molar-refractivity contribution in [1.82, 2.24) is 0 Å². The number of rotatable bonds is 14. The van der Waals surface area contributed by atoms with Gasteiger partial charge < -0.3 is 19.7 Å². The maximum absolute atomic E-state index is 14.1. The van der Waals surface area contributed by atoms with Crippen LogP contribution in [0.4, 0.5) is 4.39 Å². The minimum atomic E-state index is -1.12. The molecule has 2 N–H and O–H groups in total. The average Bonchev–Trinajstić information content (AvgIpc) is 3.28. The molecule has 1 aliphatic carbocycles. The SMILES string of the molecule is CCCCC(F)[C@@H](O)CC[C@H]1CCC2(OCCO2)[C@@H]1CCCCCCC(=O)O. The highest BCUT2D eigenvalue weighted by atomic mass is 19.1. The van der Waals surface area contributed by atoms with Crippen LogP contribution in [-0.2, 0) is 14.3 Å². The van der Waals surface area contributed by atoms with Crippen LogP contribution in [0.2, 0.25) is 0 Å². The number of hydrogen-bond acceptors (Lipinski definition) is 4. The minimum absolute atomic E-state index is 0.239. The first-order chi connectivity index (χ1) is 13.5. The Balaban J connectivity index is 1.80. The van der Waals surface area contributed by atoms with Gasteiger partial charge in [0, 0.05) is 18.8 Å². The Hall–Kier alpha value is -0.720. The molecule has 0 amide bonds. The molecule has 28 heavy (non-hydrogen) atoms. The van der Waals surface area contributed by atoms with Crippen LogP contribution in [0.3, 0.4) is 0 Å². The summed E-state index contributed by atoms with van der Waals surface area (Å²) in [6.07, 6.45) is 8.33. The lowest BCUT2D eigenvalue weighted by Crippen LogP contribution is -2.37. The van der Waals surface area contributed by atoms with Gasteiger partial charge in [-0.15, -0.1) is 0 Å². The fraction of sp³-hybridized carbons (Fsp3) is 0.955. The summed E-state index contributed by atoms with van der Waals surface area (Å²) >= 11 is 0. The first-order valence-corrected chi connectivity index (χ1v) is 11.3. The first-order valence-electron chi connectivity index (χ1n) is 11.3. The minimum Gasteiger partial charge on any atom is -0.481 e. The molecule has 2 rings (SSSR count). The van der Waals surface area contributed by atoms with Gasteiger partial charge in [-0.1, -0.05) is 39.0 Å². The molecule has 1 aliphatic heterocycles. The van der Waals surface area contributed by atoms with Gasteiger partial charge in [0.25, 0.3) is 0 Å². The maximum Gasteiger partial charge on any atom is 0.303 e. The molecular weight excluding hydrogens is 363 g/mol. The van der Waals surface area contributed by atoms with E-state index in [2.05, 4.69) is 0 Å². The lowest BCUT2D eigenvalue weighted by Gasteiger charge is -2.32. The number of ether oxygens (including phenoxy) is 2.